The van der Waals surface area contributed by atoms with E-state index in [9.17, 15) is 9.59 Å². The van der Waals surface area contributed by atoms with E-state index in [-0.39, 0.29) is 18.8 Å². The van der Waals surface area contributed by atoms with Crippen LogP contribution in [0.25, 0.3) is 4.96 Å². The molecular weight excluding hydrogens is 328 g/mol. The van der Waals surface area contributed by atoms with Gasteiger partial charge in [0.25, 0.3) is 5.56 Å². The van der Waals surface area contributed by atoms with Crippen molar-refractivity contribution >= 4 is 22.3 Å². The van der Waals surface area contributed by atoms with Crippen LogP contribution in [0, 0.1) is 13.8 Å². The Morgan fingerprint density at radius 1 is 1.33 bits per heavy atom. The van der Waals surface area contributed by atoms with Crippen molar-refractivity contribution in [3.05, 3.63) is 63.0 Å². The van der Waals surface area contributed by atoms with E-state index in [0.717, 1.165) is 11.1 Å². The topological polar surface area (TPSA) is 69.9 Å². The predicted octanol–water partition coefficient (Wildman–Crippen LogP) is 2.50. The third-order valence-electron chi connectivity index (χ3n) is 3.64. The maximum Gasteiger partial charge on any atom is 0.344 e. The summed E-state index contributed by atoms with van der Waals surface area (Å²) in [5.74, 6) is 0.146. The van der Waals surface area contributed by atoms with Crippen molar-refractivity contribution in [1.82, 2.24) is 9.38 Å². The van der Waals surface area contributed by atoms with Crippen molar-refractivity contribution in [1.29, 1.82) is 0 Å². The van der Waals surface area contributed by atoms with Crippen molar-refractivity contribution in [2.75, 3.05) is 6.61 Å². The Morgan fingerprint density at radius 3 is 3.00 bits per heavy atom. The van der Waals surface area contributed by atoms with Crippen LogP contribution in [-0.4, -0.2) is 22.0 Å². The molecule has 0 saturated heterocycles. The molecule has 1 aromatic carbocycles. The Hall–Kier alpha value is -2.67. The number of ether oxygens (including phenoxy) is 2. The number of fused-ring (bicyclic) bond motifs is 1. The number of benzene rings is 1. The lowest BCUT2D eigenvalue weighted by atomic mass is 10.1. The van der Waals surface area contributed by atoms with E-state index in [0.29, 0.717) is 16.4 Å². The van der Waals surface area contributed by atoms with Crippen molar-refractivity contribution in [2.45, 2.75) is 20.5 Å². The van der Waals surface area contributed by atoms with Crippen LogP contribution in [0.2, 0.25) is 0 Å². The lowest BCUT2D eigenvalue weighted by Gasteiger charge is -2.10. The van der Waals surface area contributed by atoms with Crippen LogP contribution in [0.5, 0.6) is 5.75 Å². The first-order valence-electron chi connectivity index (χ1n) is 7.35. The second-order valence-electron chi connectivity index (χ2n) is 5.29. The summed E-state index contributed by atoms with van der Waals surface area (Å²) in [6, 6.07) is 7.02. The number of carbonyl (C=O) groups is 1. The van der Waals surface area contributed by atoms with Gasteiger partial charge in [-0.05, 0) is 31.0 Å². The largest absolute Gasteiger partial charge is 0.482 e. The average Bonchev–Trinajstić information content (AvgIpc) is 3.03. The van der Waals surface area contributed by atoms with Crippen LogP contribution >= 0.6 is 11.3 Å². The summed E-state index contributed by atoms with van der Waals surface area (Å²) in [6.45, 7) is 3.66. The number of nitrogens with zero attached hydrogens (tertiary/aromatic N) is 2. The van der Waals surface area contributed by atoms with E-state index in [2.05, 4.69) is 4.98 Å². The molecule has 0 bridgehead atoms. The molecule has 6 nitrogen and oxygen atoms in total. The molecule has 0 aliphatic heterocycles. The average molecular weight is 344 g/mol. The van der Waals surface area contributed by atoms with Crippen LogP contribution in [0.4, 0.5) is 0 Å². The lowest BCUT2D eigenvalue weighted by Crippen LogP contribution is -2.18. The van der Waals surface area contributed by atoms with Gasteiger partial charge in [-0.15, -0.1) is 11.3 Å². The molecule has 0 atom stereocenters. The number of thiazole rings is 1. The molecule has 0 saturated carbocycles. The fourth-order valence-electron chi connectivity index (χ4n) is 2.18. The second-order valence-corrected chi connectivity index (χ2v) is 6.16. The monoisotopic (exact) mass is 344 g/mol. The number of carbonyl (C=O) groups excluding carboxylic acids is 1. The SMILES string of the molecule is Cc1cccc(OCC(=O)OCc2cc(=O)n3ccsc3n2)c1C. The summed E-state index contributed by atoms with van der Waals surface area (Å²) in [7, 11) is 0. The molecule has 3 aromatic rings. The third-order valence-corrected chi connectivity index (χ3v) is 4.39. The number of rotatable bonds is 5. The molecule has 2 heterocycles. The summed E-state index contributed by atoms with van der Waals surface area (Å²) in [4.78, 5) is 28.5. The quantitative estimate of drug-likeness (QED) is 0.665. The first-order chi connectivity index (χ1) is 11.5. The van der Waals surface area contributed by atoms with E-state index in [4.69, 9.17) is 9.47 Å². The van der Waals surface area contributed by atoms with Gasteiger partial charge in [0.1, 0.15) is 12.4 Å². The number of hydrogen-bond acceptors (Lipinski definition) is 6. The summed E-state index contributed by atoms with van der Waals surface area (Å²) >= 11 is 1.35. The Labute approximate surface area is 142 Å². The van der Waals surface area contributed by atoms with Gasteiger partial charge in [-0.1, -0.05) is 12.1 Å². The Balaban J connectivity index is 1.58. The van der Waals surface area contributed by atoms with Gasteiger partial charge in [-0.3, -0.25) is 9.20 Å². The van der Waals surface area contributed by atoms with E-state index < -0.39 is 5.97 Å². The maximum atomic E-state index is 11.8. The predicted molar refractivity (Wildman–Crippen MR) is 90.5 cm³/mol. The molecule has 7 heteroatoms. The van der Waals surface area contributed by atoms with Gasteiger partial charge >= 0.3 is 5.97 Å². The summed E-state index contributed by atoms with van der Waals surface area (Å²) in [6.07, 6.45) is 1.66. The van der Waals surface area contributed by atoms with Crippen molar-refractivity contribution < 1.29 is 14.3 Å². The molecule has 0 fully saturated rings. The standard InChI is InChI=1S/C17H16N2O4S/c1-11-4-3-5-14(12(11)2)22-10-16(21)23-9-13-8-15(20)19-6-7-24-17(19)18-13/h3-8H,9-10H2,1-2H3. The molecule has 0 amide bonds. The van der Waals surface area contributed by atoms with E-state index in [1.807, 2.05) is 32.0 Å². The molecule has 0 aliphatic rings. The second kappa shape index (κ2) is 6.84. The highest BCUT2D eigenvalue weighted by Crippen LogP contribution is 2.20. The molecule has 0 radical (unpaired) electrons. The Morgan fingerprint density at radius 2 is 2.17 bits per heavy atom. The van der Waals surface area contributed by atoms with E-state index in [1.54, 1.807) is 11.6 Å². The number of aromatic nitrogens is 2. The first-order valence-corrected chi connectivity index (χ1v) is 8.23. The molecule has 2 aromatic heterocycles. The fourth-order valence-corrected chi connectivity index (χ4v) is 2.91. The van der Waals surface area contributed by atoms with Gasteiger partial charge in [0.05, 0.1) is 5.69 Å². The Kier molecular flexibility index (Phi) is 4.61. The molecule has 124 valence electrons. The van der Waals surface area contributed by atoms with Crippen molar-refractivity contribution in [3.63, 3.8) is 0 Å². The molecular formula is C17H16N2O4S. The van der Waals surface area contributed by atoms with Crippen molar-refractivity contribution in [2.24, 2.45) is 0 Å². The first kappa shape index (κ1) is 16.2. The van der Waals surface area contributed by atoms with Crippen molar-refractivity contribution in [3.8, 4) is 5.75 Å². The number of hydrogen-bond donors (Lipinski definition) is 0. The minimum Gasteiger partial charge on any atom is -0.482 e. The Bertz CT molecular complexity index is 945. The van der Waals surface area contributed by atoms with Crippen LogP contribution in [-0.2, 0) is 16.1 Å². The normalized spacial score (nSPS) is 10.8. The fraction of sp³-hybridized carbons (Fsp3) is 0.235. The van der Waals surface area contributed by atoms with Crippen LogP contribution in [0.3, 0.4) is 0 Å². The summed E-state index contributed by atoms with van der Waals surface area (Å²) in [5.41, 5.74) is 2.30. The highest BCUT2D eigenvalue weighted by Gasteiger charge is 2.09. The summed E-state index contributed by atoms with van der Waals surface area (Å²) in [5, 5.41) is 1.78. The third kappa shape index (κ3) is 3.46. The highest BCUT2D eigenvalue weighted by atomic mass is 32.1. The molecule has 24 heavy (non-hydrogen) atoms. The van der Waals surface area contributed by atoms with Crippen LogP contribution in [0.15, 0.2) is 40.6 Å². The van der Waals surface area contributed by atoms with Gasteiger partial charge in [0.15, 0.2) is 11.6 Å². The highest BCUT2D eigenvalue weighted by molar-refractivity contribution is 7.15. The molecule has 0 unspecified atom stereocenters. The minimum atomic E-state index is -0.510. The van der Waals surface area contributed by atoms with Gasteiger partial charge in [0.2, 0.25) is 0 Å². The van der Waals surface area contributed by atoms with Gasteiger partial charge in [0, 0.05) is 17.6 Å². The van der Waals surface area contributed by atoms with E-state index >= 15 is 0 Å². The number of esters is 1. The lowest BCUT2D eigenvalue weighted by molar-refractivity contribution is -0.147. The zero-order valence-corrected chi connectivity index (χ0v) is 14.1. The molecule has 3 rings (SSSR count). The van der Waals surface area contributed by atoms with Crippen LogP contribution in [0.1, 0.15) is 16.8 Å². The summed E-state index contributed by atoms with van der Waals surface area (Å²) < 4.78 is 12.1. The zero-order chi connectivity index (χ0) is 17.1. The van der Waals surface area contributed by atoms with Gasteiger partial charge in [-0.2, -0.15) is 0 Å². The minimum absolute atomic E-state index is 0.0569. The van der Waals surface area contributed by atoms with Crippen LogP contribution < -0.4 is 10.3 Å². The number of aryl methyl sites for hydroxylation is 1. The molecule has 0 spiro atoms. The van der Waals surface area contributed by atoms with Gasteiger partial charge in [-0.25, -0.2) is 9.78 Å². The maximum absolute atomic E-state index is 11.8. The smallest absolute Gasteiger partial charge is 0.344 e. The molecule has 0 N–H and O–H groups in total. The zero-order valence-electron chi connectivity index (χ0n) is 13.3. The van der Waals surface area contributed by atoms with E-state index in [1.165, 1.54) is 21.8 Å². The molecule has 0 aliphatic carbocycles. The van der Waals surface area contributed by atoms with Gasteiger partial charge < -0.3 is 9.47 Å².